The fourth-order valence-electron chi connectivity index (χ4n) is 3.95. The van der Waals surface area contributed by atoms with Crippen LogP contribution in [-0.2, 0) is 27.8 Å². The second kappa shape index (κ2) is 6.99. The summed E-state index contributed by atoms with van der Waals surface area (Å²) in [6.45, 7) is 1.68. The second-order valence-electron chi connectivity index (χ2n) is 6.99. The first-order valence-corrected chi connectivity index (χ1v) is 9.28. The summed E-state index contributed by atoms with van der Waals surface area (Å²) in [6.07, 6.45) is 2.40. The number of fused-ring (bicyclic) bond motifs is 1. The third-order valence-corrected chi connectivity index (χ3v) is 5.72. The Balaban J connectivity index is 1.82. The largest absolute Gasteiger partial charge is 0.468 e. The zero-order valence-corrected chi connectivity index (χ0v) is 16.3. The topological polar surface area (TPSA) is 52.1 Å². The Morgan fingerprint density at radius 2 is 1.96 bits per heavy atom. The maximum absolute atomic E-state index is 14.2. The number of ether oxygens (including phenoxy) is 1. The lowest BCUT2D eigenvalue weighted by Gasteiger charge is -2.28. The number of carbonyl (C=O) groups is 1. The molecule has 6 heteroatoms. The van der Waals surface area contributed by atoms with Gasteiger partial charge in [-0.3, -0.25) is 4.79 Å². The molecule has 0 fully saturated rings. The van der Waals surface area contributed by atoms with Gasteiger partial charge in [0, 0.05) is 23.9 Å². The Morgan fingerprint density at radius 1 is 1.18 bits per heavy atom. The first-order chi connectivity index (χ1) is 13.5. The number of benzene rings is 2. The third-order valence-electron chi connectivity index (χ3n) is 5.39. The van der Waals surface area contributed by atoms with Gasteiger partial charge in [-0.15, -0.1) is 0 Å². The van der Waals surface area contributed by atoms with Crippen molar-refractivity contribution < 1.29 is 13.9 Å². The Hall–Kier alpha value is -2.79. The molecule has 0 bridgehead atoms. The molecule has 1 heterocycles. The van der Waals surface area contributed by atoms with Gasteiger partial charge in [0.2, 0.25) is 0 Å². The molecule has 142 valence electrons. The number of hydrogen-bond acceptors (Lipinski definition) is 4. The van der Waals surface area contributed by atoms with Crippen LogP contribution in [0.15, 0.2) is 48.7 Å². The van der Waals surface area contributed by atoms with Crippen molar-refractivity contribution in [3.05, 3.63) is 81.9 Å². The summed E-state index contributed by atoms with van der Waals surface area (Å²) in [6, 6.07) is 12.1. The van der Waals surface area contributed by atoms with Crippen LogP contribution in [0.5, 0.6) is 0 Å². The maximum atomic E-state index is 14.2. The summed E-state index contributed by atoms with van der Waals surface area (Å²) in [4.78, 5) is 22.0. The molecule has 2 aromatic carbocycles. The average molecular weight is 397 g/mol. The molecular formula is C22H18ClFN2O2. The van der Waals surface area contributed by atoms with Crippen LogP contribution >= 0.6 is 11.6 Å². The Kier molecular flexibility index (Phi) is 4.63. The number of hydrogen-bond donors (Lipinski definition) is 0. The van der Waals surface area contributed by atoms with Crippen molar-refractivity contribution in [2.24, 2.45) is 0 Å². The highest BCUT2D eigenvalue weighted by atomic mass is 35.5. The maximum Gasteiger partial charge on any atom is 0.317 e. The van der Waals surface area contributed by atoms with E-state index in [0.717, 1.165) is 16.8 Å². The number of nitrogens with zero attached hydrogens (tertiary/aromatic N) is 2. The highest BCUT2D eigenvalue weighted by Crippen LogP contribution is 2.42. The molecule has 28 heavy (non-hydrogen) atoms. The van der Waals surface area contributed by atoms with Crippen LogP contribution in [0.2, 0.25) is 5.02 Å². The zero-order valence-electron chi connectivity index (χ0n) is 15.5. The highest BCUT2D eigenvalue weighted by molar-refractivity contribution is 6.33. The minimum atomic E-state index is -1.02. The van der Waals surface area contributed by atoms with Crippen LogP contribution in [0.1, 0.15) is 22.4 Å². The van der Waals surface area contributed by atoms with Crippen LogP contribution < -0.4 is 0 Å². The SMILES string of the molecule is COC(=O)[C@@]1(c2cccc(F)c2C)Cc2cnc(-c3ccccc3Cl)nc2C1. The normalized spacial score (nSPS) is 18.0. The Bertz CT molecular complexity index is 1090. The first-order valence-electron chi connectivity index (χ1n) is 8.90. The fourth-order valence-corrected chi connectivity index (χ4v) is 4.17. The van der Waals surface area contributed by atoms with Crippen LogP contribution in [0.4, 0.5) is 4.39 Å². The molecule has 1 aliphatic rings. The van der Waals surface area contributed by atoms with E-state index in [-0.39, 0.29) is 5.82 Å². The predicted molar refractivity (Wildman–Crippen MR) is 105 cm³/mol. The lowest BCUT2D eigenvalue weighted by molar-refractivity contribution is -0.147. The van der Waals surface area contributed by atoms with Crippen LogP contribution in [0.25, 0.3) is 11.4 Å². The molecule has 0 saturated heterocycles. The average Bonchev–Trinajstić information content (AvgIpc) is 3.09. The molecule has 1 aliphatic carbocycles. The van der Waals surface area contributed by atoms with Crippen molar-refractivity contribution in [1.29, 1.82) is 0 Å². The zero-order chi connectivity index (χ0) is 19.9. The monoisotopic (exact) mass is 396 g/mol. The number of aromatic nitrogens is 2. The van der Waals surface area contributed by atoms with Gasteiger partial charge in [0.15, 0.2) is 5.82 Å². The number of esters is 1. The van der Waals surface area contributed by atoms with E-state index in [0.29, 0.717) is 34.8 Å². The van der Waals surface area contributed by atoms with Crippen LogP contribution in [-0.4, -0.2) is 23.0 Å². The summed E-state index contributed by atoms with van der Waals surface area (Å²) in [5.41, 5.74) is 2.38. The first kappa shape index (κ1) is 18.6. The predicted octanol–water partition coefficient (Wildman–Crippen LogP) is 4.45. The molecule has 4 nitrogen and oxygen atoms in total. The molecular weight excluding hydrogens is 379 g/mol. The Morgan fingerprint density at radius 3 is 2.71 bits per heavy atom. The molecule has 4 rings (SSSR count). The van der Waals surface area contributed by atoms with Gasteiger partial charge in [0.1, 0.15) is 11.2 Å². The third kappa shape index (κ3) is 2.87. The second-order valence-corrected chi connectivity index (χ2v) is 7.39. The van der Waals surface area contributed by atoms with E-state index in [9.17, 15) is 9.18 Å². The summed E-state index contributed by atoms with van der Waals surface area (Å²) >= 11 is 6.28. The van der Waals surface area contributed by atoms with Gasteiger partial charge in [-0.2, -0.15) is 0 Å². The van der Waals surface area contributed by atoms with Crippen molar-refractivity contribution in [2.75, 3.05) is 7.11 Å². The molecule has 0 unspecified atom stereocenters. The number of halogens is 2. The van der Waals surface area contributed by atoms with E-state index in [1.165, 1.54) is 13.2 Å². The van der Waals surface area contributed by atoms with Gasteiger partial charge >= 0.3 is 5.97 Å². The van der Waals surface area contributed by atoms with Gasteiger partial charge in [0.25, 0.3) is 0 Å². The van der Waals surface area contributed by atoms with Crippen molar-refractivity contribution in [3.63, 3.8) is 0 Å². The minimum absolute atomic E-state index is 0.319. The molecule has 0 spiro atoms. The number of rotatable bonds is 3. The van der Waals surface area contributed by atoms with E-state index >= 15 is 0 Å². The van der Waals surface area contributed by atoms with E-state index in [2.05, 4.69) is 9.97 Å². The summed E-state index contributed by atoms with van der Waals surface area (Å²) in [5.74, 6) is -0.251. The van der Waals surface area contributed by atoms with Crippen molar-refractivity contribution in [1.82, 2.24) is 9.97 Å². The molecule has 1 aromatic heterocycles. The molecule has 3 aromatic rings. The smallest absolute Gasteiger partial charge is 0.317 e. The Labute approximate surface area is 167 Å². The van der Waals surface area contributed by atoms with Gasteiger partial charge in [0.05, 0.1) is 12.1 Å². The summed E-state index contributed by atoms with van der Waals surface area (Å²) in [7, 11) is 1.35. The van der Waals surface area contributed by atoms with Gasteiger partial charge < -0.3 is 4.74 Å². The van der Waals surface area contributed by atoms with Crippen molar-refractivity contribution in [2.45, 2.75) is 25.2 Å². The van der Waals surface area contributed by atoms with E-state index < -0.39 is 11.4 Å². The van der Waals surface area contributed by atoms with Gasteiger partial charge in [-0.05, 0) is 48.2 Å². The van der Waals surface area contributed by atoms with E-state index in [4.69, 9.17) is 16.3 Å². The van der Waals surface area contributed by atoms with E-state index in [1.807, 2.05) is 18.2 Å². The molecule has 0 saturated carbocycles. The lowest BCUT2D eigenvalue weighted by atomic mass is 9.76. The van der Waals surface area contributed by atoms with Gasteiger partial charge in [-0.25, -0.2) is 14.4 Å². The van der Waals surface area contributed by atoms with E-state index in [1.54, 1.807) is 31.3 Å². The molecule has 1 atom stereocenters. The number of carbonyl (C=O) groups excluding carboxylic acids is 1. The van der Waals surface area contributed by atoms with Crippen molar-refractivity contribution >= 4 is 17.6 Å². The fraction of sp³-hybridized carbons (Fsp3) is 0.227. The summed E-state index contributed by atoms with van der Waals surface area (Å²) < 4.78 is 19.4. The molecule has 0 N–H and O–H groups in total. The molecule has 0 aliphatic heterocycles. The van der Waals surface area contributed by atoms with Crippen LogP contribution in [0, 0.1) is 12.7 Å². The van der Waals surface area contributed by atoms with Crippen molar-refractivity contribution in [3.8, 4) is 11.4 Å². The quantitative estimate of drug-likeness (QED) is 0.613. The lowest BCUT2D eigenvalue weighted by Crippen LogP contribution is -2.38. The minimum Gasteiger partial charge on any atom is -0.468 e. The van der Waals surface area contributed by atoms with Gasteiger partial charge in [-0.1, -0.05) is 35.9 Å². The molecule has 0 radical (unpaired) electrons. The molecule has 0 amide bonds. The van der Waals surface area contributed by atoms with Crippen LogP contribution in [0.3, 0.4) is 0 Å². The summed E-state index contributed by atoms with van der Waals surface area (Å²) in [5, 5.41) is 0.556. The highest BCUT2D eigenvalue weighted by Gasteiger charge is 2.48. The number of methoxy groups -OCH3 is 1. The standard InChI is InChI=1S/C22H18ClFN2O2/c1-13-16(7-5-9-18(13)24)22(21(27)28-2)10-14-12-25-20(26-19(14)11-22)15-6-3-4-8-17(15)23/h3-9,12H,10-11H2,1-2H3/t22-/m0/s1.